The van der Waals surface area contributed by atoms with Crippen molar-refractivity contribution < 1.29 is 4.74 Å². The number of aromatic nitrogens is 3. The highest BCUT2D eigenvalue weighted by atomic mass is 16.5. The fraction of sp³-hybridized carbons (Fsp3) is 0.750. The lowest BCUT2D eigenvalue weighted by atomic mass is 10.0. The van der Waals surface area contributed by atoms with Crippen LogP contribution in [0.4, 0.5) is 11.9 Å². The van der Waals surface area contributed by atoms with Crippen molar-refractivity contribution in [1.29, 1.82) is 0 Å². The molecule has 1 unspecified atom stereocenters. The molecule has 7 heteroatoms. The zero-order valence-electron chi connectivity index (χ0n) is 11.6. The Kier molecular flexibility index (Phi) is 4.73. The molecule has 106 valence electrons. The quantitative estimate of drug-likeness (QED) is 0.613. The lowest BCUT2D eigenvalue weighted by molar-refractivity contribution is 0.311. The number of anilines is 2. The molecule has 3 N–H and O–H groups in total. The van der Waals surface area contributed by atoms with E-state index in [1.165, 1.54) is 12.8 Å². The molecule has 0 aliphatic carbocycles. The van der Waals surface area contributed by atoms with Gasteiger partial charge in [-0.3, -0.25) is 5.43 Å². The van der Waals surface area contributed by atoms with Gasteiger partial charge in [-0.15, -0.1) is 0 Å². The van der Waals surface area contributed by atoms with Crippen molar-refractivity contribution in [3.05, 3.63) is 0 Å². The van der Waals surface area contributed by atoms with Crippen LogP contribution in [0.2, 0.25) is 0 Å². The van der Waals surface area contributed by atoms with Crippen LogP contribution >= 0.6 is 0 Å². The van der Waals surface area contributed by atoms with E-state index in [4.69, 9.17) is 10.6 Å². The maximum atomic E-state index is 5.40. The molecule has 0 aromatic carbocycles. The van der Waals surface area contributed by atoms with E-state index in [1.807, 2.05) is 6.92 Å². The van der Waals surface area contributed by atoms with Crippen molar-refractivity contribution in [2.75, 3.05) is 23.5 Å². The third-order valence-corrected chi connectivity index (χ3v) is 3.36. The van der Waals surface area contributed by atoms with Crippen molar-refractivity contribution in [3.8, 4) is 6.01 Å². The van der Waals surface area contributed by atoms with Crippen LogP contribution in [0.1, 0.15) is 39.5 Å². The average Bonchev–Trinajstić information content (AvgIpc) is 2.47. The molecule has 0 spiro atoms. The summed E-state index contributed by atoms with van der Waals surface area (Å²) in [4.78, 5) is 15.0. The molecule has 0 amide bonds. The molecule has 1 fully saturated rings. The van der Waals surface area contributed by atoms with Crippen LogP contribution < -0.4 is 20.9 Å². The van der Waals surface area contributed by atoms with Gasteiger partial charge in [0.05, 0.1) is 6.61 Å². The van der Waals surface area contributed by atoms with Gasteiger partial charge in [0.15, 0.2) is 0 Å². The Bertz CT molecular complexity index is 413. The summed E-state index contributed by atoms with van der Waals surface area (Å²) in [5.41, 5.74) is 2.47. The average molecular weight is 266 g/mol. The van der Waals surface area contributed by atoms with Crippen molar-refractivity contribution in [1.82, 2.24) is 15.0 Å². The van der Waals surface area contributed by atoms with E-state index in [0.29, 0.717) is 30.6 Å². The van der Waals surface area contributed by atoms with Crippen molar-refractivity contribution in [3.63, 3.8) is 0 Å². The molecule has 1 aliphatic heterocycles. The Hall–Kier alpha value is -1.63. The Morgan fingerprint density at radius 3 is 2.84 bits per heavy atom. The Balaban J connectivity index is 2.28. The maximum Gasteiger partial charge on any atom is 0.323 e. The number of hydrogen-bond donors (Lipinski definition) is 2. The number of piperidine rings is 1. The highest BCUT2D eigenvalue weighted by Gasteiger charge is 2.24. The maximum absolute atomic E-state index is 5.40. The smallest absolute Gasteiger partial charge is 0.323 e. The summed E-state index contributed by atoms with van der Waals surface area (Å²) in [5, 5.41) is 0. The normalized spacial score (nSPS) is 19.3. The number of nitrogens with two attached hydrogens (primary N) is 1. The first kappa shape index (κ1) is 13.8. The van der Waals surface area contributed by atoms with Crippen LogP contribution in [0.5, 0.6) is 6.01 Å². The number of ether oxygens (including phenoxy) is 1. The number of nitrogens with zero attached hydrogens (tertiary/aromatic N) is 4. The Morgan fingerprint density at radius 1 is 1.32 bits per heavy atom. The summed E-state index contributed by atoms with van der Waals surface area (Å²) >= 11 is 0. The van der Waals surface area contributed by atoms with Gasteiger partial charge in [-0.1, -0.05) is 6.92 Å². The van der Waals surface area contributed by atoms with Crippen molar-refractivity contribution in [2.24, 2.45) is 5.84 Å². The summed E-state index contributed by atoms with van der Waals surface area (Å²) in [5.74, 6) is 6.40. The highest BCUT2D eigenvalue weighted by molar-refractivity contribution is 5.39. The lowest BCUT2D eigenvalue weighted by Crippen LogP contribution is -2.40. The molecule has 1 aliphatic rings. The SMILES string of the molecule is CCOc1nc(NN)nc(N2CCCCC2CC)n1. The van der Waals surface area contributed by atoms with E-state index in [9.17, 15) is 0 Å². The molecule has 1 aromatic rings. The summed E-state index contributed by atoms with van der Waals surface area (Å²) in [6, 6.07) is 0.803. The van der Waals surface area contributed by atoms with E-state index in [0.717, 1.165) is 19.4 Å². The molecular formula is C12H22N6O. The standard InChI is InChI=1S/C12H22N6O/c1-3-9-7-5-6-8-18(9)11-14-10(17-13)15-12(16-11)19-4-2/h9H,3-8,13H2,1-2H3,(H,14,15,16,17). The van der Waals surface area contributed by atoms with Gasteiger partial charge in [0.1, 0.15) is 0 Å². The fourth-order valence-corrected chi connectivity index (χ4v) is 2.42. The number of nitrogen functional groups attached to an aromatic ring is 1. The minimum atomic E-state index is 0.320. The molecular weight excluding hydrogens is 244 g/mol. The van der Waals surface area contributed by atoms with Crippen molar-refractivity contribution >= 4 is 11.9 Å². The predicted octanol–water partition coefficient (Wildman–Crippen LogP) is 1.32. The molecule has 1 saturated heterocycles. The van der Waals surface area contributed by atoms with Crippen LogP contribution in [0.3, 0.4) is 0 Å². The molecule has 2 rings (SSSR count). The van der Waals surface area contributed by atoms with Gasteiger partial charge in [0.2, 0.25) is 11.9 Å². The first-order chi connectivity index (χ1) is 9.28. The van der Waals surface area contributed by atoms with Crippen molar-refractivity contribution in [2.45, 2.75) is 45.6 Å². The van der Waals surface area contributed by atoms with Crippen LogP contribution in [-0.4, -0.2) is 34.1 Å². The van der Waals surface area contributed by atoms with Crippen LogP contribution in [0.25, 0.3) is 0 Å². The Morgan fingerprint density at radius 2 is 2.16 bits per heavy atom. The zero-order chi connectivity index (χ0) is 13.7. The van der Waals surface area contributed by atoms with Gasteiger partial charge in [-0.05, 0) is 32.6 Å². The first-order valence-corrected chi connectivity index (χ1v) is 6.90. The van der Waals surface area contributed by atoms with E-state index in [-0.39, 0.29) is 0 Å². The summed E-state index contributed by atoms with van der Waals surface area (Å²) in [7, 11) is 0. The molecule has 19 heavy (non-hydrogen) atoms. The van der Waals surface area contributed by atoms with Gasteiger partial charge in [0.25, 0.3) is 0 Å². The first-order valence-electron chi connectivity index (χ1n) is 6.90. The van der Waals surface area contributed by atoms with Gasteiger partial charge in [-0.2, -0.15) is 15.0 Å². The molecule has 0 saturated carbocycles. The zero-order valence-corrected chi connectivity index (χ0v) is 11.6. The van der Waals surface area contributed by atoms with Gasteiger partial charge >= 0.3 is 6.01 Å². The molecule has 0 bridgehead atoms. The van der Waals surface area contributed by atoms with E-state index in [2.05, 4.69) is 32.2 Å². The predicted molar refractivity (Wildman–Crippen MR) is 74.1 cm³/mol. The molecule has 1 aromatic heterocycles. The molecule has 7 nitrogen and oxygen atoms in total. The largest absolute Gasteiger partial charge is 0.464 e. The third-order valence-electron chi connectivity index (χ3n) is 3.36. The second-order valence-corrected chi connectivity index (χ2v) is 4.57. The third kappa shape index (κ3) is 3.23. The monoisotopic (exact) mass is 266 g/mol. The second kappa shape index (κ2) is 6.51. The lowest BCUT2D eigenvalue weighted by Gasteiger charge is -2.35. The van der Waals surface area contributed by atoms with Crippen LogP contribution in [0, 0.1) is 0 Å². The van der Waals surface area contributed by atoms with Gasteiger partial charge < -0.3 is 9.64 Å². The summed E-state index contributed by atoms with van der Waals surface area (Å²) < 4.78 is 5.36. The summed E-state index contributed by atoms with van der Waals surface area (Å²) in [6.45, 7) is 5.58. The molecule has 1 atom stereocenters. The highest BCUT2D eigenvalue weighted by Crippen LogP contribution is 2.25. The van der Waals surface area contributed by atoms with Crippen LogP contribution in [-0.2, 0) is 0 Å². The van der Waals surface area contributed by atoms with E-state index in [1.54, 1.807) is 0 Å². The topological polar surface area (TPSA) is 89.2 Å². The Labute approximate surface area is 113 Å². The van der Waals surface area contributed by atoms with Crippen LogP contribution in [0.15, 0.2) is 0 Å². The fourth-order valence-electron chi connectivity index (χ4n) is 2.42. The number of rotatable bonds is 5. The number of nitrogens with one attached hydrogen (secondary N) is 1. The van der Waals surface area contributed by atoms with Gasteiger partial charge in [0, 0.05) is 12.6 Å². The minimum absolute atomic E-state index is 0.320. The van der Waals surface area contributed by atoms with E-state index < -0.39 is 0 Å². The molecule has 2 heterocycles. The molecule has 0 radical (unpaired) electrons. The second-order valence-electron chi connectivity index (χ2n) is 4.57. The van der Waals surface area contributed by atoms with E-state index >= 15 is 0 Å². The van der Waals surface area contributed by atoms with Gasteiger partial charge in [-0.25, -0.2) is 5.84 Å². The summed E-state index contributed by atoms with van der Waals surface area (Å²) in [6.07, 6.45) is 4.69. The number of hydrazine groups is 1. The number of hydrogen-bond acceptors (Lipinski definition) is 7. The minimum Gasteiger partial charge on any atom is -0.464 e.